The molecule has 2 aromatic carbocycles. The van der Waals surface area contributed by atoms with Gasteiger partial charge in [0, 0.05) is 34.8 Å². The lowest BCUT2D eigenvalue weighted by atomic mass is 9.95. The number of aromatic amines is 1. The van der Waals surface area contributed by atoms with Crippen molar-refractivity contribution in [2.45, 2.75) is 6.61 Å². The Balaban J connectivity index is 1.66. The minimum Gasteiger partial charge on any atom is -0.489 e. The second kappa shape index (κ2) is 7.06. The number of halogens is 2. The Morgan fingerprint density at radius 1 is 1.00 bits per heavy atom. The predicted molar refractivity (Wildman–Crippen MR) is 106 cm³/mol. The van der Waals surface area contributed by atoms with Crippen LogP contribution in [0, 0.1) is 0 Å². The summed E-state index contributed by atoms with van der Waals surface area (Å²) in [4.78, 5) is 27.4. The van der Waals surface area contributed by atoms with Gasteiger partial charge in [0.05, 0.1) is 15.6 Å². The number of fused-ring (bicyclic) bond motifs is 1. The molecule has 0 saturated heterocycles. The van der Waals surface area contributed by atoms with E-state index in [4.69, 9.17) is 27.9 Å². The number of carbonyl (C=O) groups is 2. The molecule has 1 aromatic heterocycles. The molecule has 27 heavy (non-hydrogen) atoms. The number of nitrogens with one attached hydrogen (secondary N) is 1. The number of allylic oxidation sites excluding steroid dienone is 4. The molecule has 0 unspecified atom stereocenters. The van der Waals surface area contributed by atoms with Gasteiger partial charge >= 0.3 is 0 Å². The zero-order valence-electron chi connectivity index (χ0n) is 14.0. The average Bonchev–Trinajstić information content (AvgIpc) is 3.09. The molecular weight excluding hydrogens is 385 g/mol. The number of hydrogen-bond acceptors (Lipinski definition) is 3. The van der Waals surface area contributed by atoms with Gasteiger partial charge in [-0.15, -0.1) is 0 Å². The van der Waals surface area contributed by atoms with E-state index in [1.165, 1.54) is 0 Å². The van der Waals surface area contributed by atoms with Gasteiger partial charge in [-0.05, 0) is 17.7 Å². The maximum atomic E-state index is 12.4. The molecule has 134 valence electrons. The lowest BCUT2D eigenvalue weighted by Crippen LogP contribution is -2.13. The highest BCUT2D eigenvalue weighted by Gasteiger charge is 2.29. The SMILES string of the molecule is O=C1C=C(Cl)C(=O)C(c2c[nH]c3cc(OCc4ccccc4)ccc23)=C1Cl. The molecule has 3 aromatic rings. The molecule has 0 bridgehead atoms. The van der Waals surface area contributed by atoms with Crippen LogP contribution in [0.4, 0.5) is 0 Å². The second-order valence-electron chi connectivity index (χ2n) is 6.06. The number of aromatic nitrogens is 1. The number of Topliss-reactive ketones (excluding diaryl/α,β-unsaturated/α-hetero) is 1. The molecule has 4 nitrogen and oxygen atoms in total. The van der Waals surface area contributed by atoms with Crippen molar-refractivity contribution in [3.05, 3.63) is 82.0 Å². The molecule has 0 fully saturated rings. The molecule has 0 atom stereocenters. The molecule has 0 spiro atoms. The zero-order valence-corrected chi connectivity index (χ0v) is 15.5. The molecule has 1 aliphatic rings. The Kier molecular flexibility index (Phi) is 4.60. The van der Waals surface area contributed by atoms with E-state index in [1.54, 1.807) is 6.20 Å². The Morgan fingerprint density at radius 3 is 2.56 bits per heavy atom. The molecule has 4 rings (SSSR count). The Bertz CT molecular complexity index is 1130. The van der Waals surface area contributed by atoms with Crippen LogP contribution in [0.3, 0.4) is 0 Å². The van der Waals surface area contributed by atoms with Crippen LogP contribution in [0.5, 0.6) is 5.75 Å². The Morgan fingerprint density at radius 2 is 1.78 bits per heavy atom. The molecule has 6 heteroatoms. The fourth-order valence-electron chi connectivity index (χ4n) is 2.97. The third-order valence-electron chi connectivity index (χ3n) is 4.31. The highest BCUT2D eigenvalue weighted by molar-refractivity contribution is 6.62. The Labute approximate surface area is 165 Å². The standard InChI is InChI=1S/C21H13Cl2NO3/c22-16-9-18(25)20(23)19(21(16)26)15-10-24-17-8-13(6-7-14(15)17)27-11-12-4-2-1-3-5-12/h1-10,24H,11H2. The fraction of sp³-hybridized carbons (Fsp3) is 0.0476. The normalized spacial score (nSPS) is 14.7. The minimum absolute atomic E-state index is 0.110. The van der Waals surface area contributed by atoms with Gasteiger partial charge in [-0.3, -0.25) is 9.59 Å². The van der Waals surface area contributed by atoms with E-state index < -0.39 is 11.6 Å². The van der Waals surface area contributed by atoms with Crippen molar-refractivity contribution >= 4 is 51.2 Å². The molecule has 0 aliphatic heterocycles. The highest BCUT2D eigenvalue weighted by atomic mass is 35.5. The zero-order chi connectivity index (χ0) is 19.0. The van der Waals surface area contributed by atoms with Crippen LogP contribution in [0.25, 0.3) is 16.5 Å². The number of carbonyl (C=O) groups excluding carboxylic acids is 2. The van der Waals surface area contributed by atoms with Crippen LogP contribution in [-0.4, -0.2) is 16.6 Å². The van der Waals surface area contributed by atoms with Crippen LogP contribution in [0.2, 0.25) is 0 Å². The number of ketones is 2. The summed E-state index contributed by atoms with van der Waals surface area (Å²) in [6.07, 6.45) is 2.68. The number of ether oxygens (including phenoxy) is 1. The summed E-state index contributed by atoms with van der Waals surface area (Å²) in [5.41, 5.74) is 2.47. The number of rotatable bonds is 4. The summed E-state index contributed by atoms with van der Waals surface area (Å²) in [5, 5.41) is 0.481. The number of H-pyrrole nitrogens is 1. The summed E-state index contributed by atoms with van der Waals surface area (Å²) in [6.45, 7) is 0.449. The topological polar surface area (TPSA) is 59.2 Å². The van der Waals surface area contributed by atoms with E-state index in [1.807, 2.05) is 48.5 Å². The van der Waals surface area contributed by atoms with E-state index >= 15 is 0 Å². The molecule has 0 amide bonds. The van der Waals surface area contributed by atoms with Crippen molar-refractivity contribution in [3.63, 3.8) is 0 Å². The van der Waals surface area contributed by atoms with E-state index in [0.717, 1.165) is 22.5 Å². The fourth-order valence-corrected chi connectivity index (χ4v) is 3.41. The summed E-state index contributed by atoms with van der Waals surface area (Å²) in [6, 6.07) is 15.3. The van der Waals surface area contributed by atoms with Crippen molar-refractivity contribution in [1.82, 2.24) is 4.98 Å². The lowest BCUT2D eigenvalue weighted by molar-refractivity contribution is -0.113. The van der Waals surface area contributed by atoms with Crippen LogP contribution in [0.1, 0.15) is 11.1 Å². The maximum Gasteiger partial charge on any atom is 0.206 e. The smallest absolute Gasteiger partial charge is 0.206 e. The molecular formula is C21H13Cl2NO3. The first-order valence-corrected chi connectivity index (χ1v) is 8.94. The third-order valence-corrected chi connectivity index (χ3v) is 4.96. The van der Waals surface area contributed by atoms with Gasteiger partial charge in [0.15, 0.2) is 5.78 Å². The quantitative estimate of drug-likeness (QED) is 0.632. The van der Waals surface area contributed by atoms with E-state index in [2.05, 4.69) is 4.98 Å². The average molecular weight is 398 g/mol. The first-order chi connectivity index (χ1) is 13.0. The molecule has 0 saturated carbocycles. The van der Waals surface area contributed by atoms with Crippen molar-refractivity contribution in [3.8, 4) is 5.75 Å². The van der Waals surface area contributed by atoms with E-state index in [0.29, 0.717) is 17.9 Å². The predicted octanol–water partition coefficient (Wildman–Crippen LogP) is 4.97. The highest BCUT2D eigenvalue weighted by Crippen LogP contribution is 2.36. The lowest BCUT2D eigenvalue weighted by Gasteiger charge is -2.12. The summed E-state index contributed by atoms with van der Waals surface area (Å²) in [5.74, 6) is -0.260. The minimum atomic E-state index is -0.478. The van der Waals surface area contributed by atoms with Gasteiger partial charge in [0.2, 0.25) is 5.78 Å². The van der Waals surface area contributed by atoms with Gasteiger partial charge in [-0.25, -0.2) is 0 Å². The van der Waals surface area contributed by atoms with Gasteiger partial charge in [-0.1, -0.05) is 53.5 Å². The molecule has 1 aliphatic carbocycles. The van der Waals surface area contributed by atoms with E-state index in [9.17, 15) is 9.59 Å². The van der Waals surface area contributed by atoms with Crippen LogP contribution in [-0.2, 0) is 16.2 Å². The monoisotopic (exact) mass is 397 g/mol. The number of benzene rings is 2. The van der Waals surface area contributed by atoms with Gasteiger partial charge in [0.1, 0.15) is 12.4 Å². The van der Waals surface area contributed by atoms with Crippen molar-refractivity contribution in [1.29, 1.82) is 0 Å². The largest absolute Gasteiger partial charge is 0.489 e. The number of hydrogen-bond donors (Lipinski definition) is 1. The van der Waals surface area contributed by atoms with Gasteiger partial charge in [-0.2, -0.15) is 0 Å². The summed E-state index contributed by atoms with van der Waals surface area (Å²) < 4.78 is 5.82. The van der Waals surface area contributed by atoms with Crippen LogP contribution >= 0.6 is 23.2 Å². The maximum absolute atomic E-state index is 12.4. The first kappa shape index (κ1) is 17.6. The molecule has 1 heterocycles. The van der Waals surface area contributed by atoms with Crippen LogP contribution < -0.4 is 4.74 Å². The summed E-state index contributed by atoms with van der Waals surface area (Å²) in [7, 11) is 0. The molecule has 1 N–H and O–H groups in total. The second-order valence-corrected chi connectivity index (χ2v) is 6.84. The van der Waals surface area contributed by atoms with Crippen LogP contribution in [0.15, 0.2) is 70.9 Å². The third kappa shape index (κ3) is 3.29. The van der Waals surface area contributed by atoms with Crippen molar-refractivity contribution < 1.29 is 14.3 Å². The summed E-state index contributed by atoms with van der Waals surface area (Å²) >= 11 is 12.0. The van der Waals surface area contributed by atoms with Crippen molar-refractivity contribution in [2.24, 2.45) is 0 Å². The van der Waals surface area contributed by atoms with Crippen molar-refractivity contribution in [2.75, 3.05) is 0 Å². The van der Waals surface area contributed by atoms with E-state index in [-0.39, 0.29) is 15.6 Å². The Hall–Kier alpha value is -2.82. The first-order valence-electron chi connectivity index (χ1n) is 8.19. The molecule has 0 radical (unpaired) electrons. The van der Waals surface area contributed by atoms with Gasteiger partial charge in [0.25, 0.3) is 0 Å². The van der Waals surface area contributed by atoms with Gasteiger partial charge < -0.3 is 9.72 Å².